The molecule has 0 aliphatic carbocycles. The molecule has 0 unspecified atom stereocenters. The van der Waals surface area contributed by atoms with E-state index >= 15 is 0 Å². The van der Waals surface area contributed by atoms with E-state index < -0.39 is 0 Å². The van der Waals surface area contributed by atoms with Gasteiger partial charge in [-0.1, -0.05) is 35.7 Å². The number of halogens is 2. The average Bonchev–Trinajstić information content (AvgIpc) is 2.55. The maximum Gasteiger partial charge on any atom is 0.305 e. The number of nitrogens with one attached hydrogen (secondary N) is 2. The Morgan fingerprint density at radius 2 is 2.04 bits per heavy atom. The summed E-state index contributed by atoms with van der Waals surface area (Å²) in [6.07, 6.45) is 3.09. The van der Waals surface area contributed by atoms with Crippen LogP contribution in [0.2, 0.25) is 10.0 Å². The van der Waals surface area contributed by atoms with Crippen LogP contribution in [0.25, 0.3) is 0 Å². The van der Waals surface area contributed by atoms with E-state index in [4.69, 9.17) is 35.4 Å². The zero-order chi connectivity index (χ0) is 17.9. The lowest BCUT2D eigenvalue weighted by Gasteiger charge is -2.09. The van der Waals surface area contributed by atoms with Gasteiger partial charge in [0.05, 0.1) is 17.8 Å². The van der Waals surface area contributed by atoms with Crippen LogP contribution in [0.1, 0.15) is 38.2 Å². The molecule has 0 spiro atoms. The van der Waals surface area contributed by atoms with Crippen molar-refractivity contribution in [2.45, 2.75) is 32.6 Å². The summed E-state index contributed by atoms with van der Waals surface area (Å²) in [6.45, 7) is 2.54. The van der Waals surface area contributed by atoms with Crippen LogP contribution in [0, 0.1) is 0 Å². The SMILES string of the molecule is COC(=O)CCCCCNC(=S)N/N=C(/C)c1ccc(Cl)cc1Cl. The molecular weight excluding hydrogens is 369 g/mol. The van der Waals surface area contributed by atoms with Gasteiger partial charge in [0, 0.05) is 23.6 Å². The van der Waals surface area contributed by atoms with Crippen LogP contribution < -0.4 is 10.7 Å². The molecule has 0 radical (unpaired) electrons. The first kappa shape index (κ1) is 20.7. The van der Waals surface area contributed by atoms with E-state index in [1.807, 2.05) is 13.0 Å². The molecule has 0 aliphatic rings. The molecule has 1 aromatic rings. The average molecular weight is 390 g/mol. The second kappa shape index (κ2) is 11.2. The van der Waals surface area contributed by atoms with Crippen LogP contribution in [0.4, 0.5) is 0 Å². The largest absolute Gasteiger partial charge is 0.469 e. The third kappa shape index (κ3) is 7.95. The number of hydrazone groups is 1. The minimum absolute atomic E-state index is 0.175. The second-order valence-electron chi connectivity index (χ2n) is 5.08. The summed E-state index contributed by atoms with van der Waals surface area (Å²) in [4.78, 5) is 11.0. The number of hydrogen-bond acceptors (Lipinski definition) is 4. The summed E-state index contributed by atoms with van der Waals surface area (Å²) in [7, 11) is 1.40. The molecule has 24 heavy (non-hydrogen) atoms. The van der Waals surface area contributed by atoms with Crippen molar-refractivity contribution in [2.75, 3.05) is 13.7 Å². The van der Waals surface area contributed by atoms with E-state index in [1.165, 1.54) is 7.11 Å². The Morgan fingerprint density at radius 3 is 2.71 bits per heavy atom. The molecule has 1 aromatic carbocycles. The van der Waals surface area contributed by atoms with Crippen molar-refractivity contribution in [1.29, 1.82) is 0 Å². The van der Waals surface area contributed by atoms with E-state index in [-0.39, 0.29) is 5.97 Å². The number of carbonyl (C=O) groups is 1. The number of unbranched alkanes of at least 4 members (excludes halogenated alkanes) is 2. The third-order valence-corrected chi connectivity index (χ3v) is 4.00. The highest BCUT2D eigenvalue weighted by atomic mass is 35.5. The molecule has 2 N–H and O–H groups in total. The number of ether oxygens (including phenoxy) is 1. The maximum atomic E-state index is 11.0. The fraction of sp³-hybridized carbons (Fsp3) is 0.438. The van der Waals surface area contributed by atoms with Crippen molar-refractivity contribution in [1.82, 2.24) is 10.7 Å². The second-order valence-corrected chi connectivity index (χ2v) is 6.33. The molecular formula is C16H21Cl2N3O2S. The molecule has 0 aromatic heterocycles. The number of hydrogen-bond donors (Lipinski definition) is 2. The Kier molecular flexibility index (Phi) is 9.67. The van der Waals surface area contributed by atoms with Crippen molar-refractivity contribution in [2.24, 2.45) is 5.10 Å². The summed E-state index contributed by atoms with van der Waals surface area (Å²) in [5.74, 6) is -0.175. The van der Waals surface area contributed by atoms with Gasteiger partial charge in [0.15, 0.2) is 5.11 Å². The lowest BCUT2D eigenvalue weighted by atomic mass is 10.1. The fourth-order valence-electron chi connectivity index (χ4n) is 1.89. The predicted molar refractivity (Wildman–Crippen MR) is 103 cm³/mol. The summed E-state index contributed by atoms with van der Waals surface area (Å²) in [6, 6.07) is 5.23. The number of rotatable bonds is 8. The van der Waals surface area contributed by atoms with Gasteiger partial charge in [-0.2, -0.15) is 5.10 Å². The Balaban J connectivity index is 2.28. The van der Waals surface area contributed by atoms with Crippen molar-refractivity contribution < 1.29 is 9.53 Å². The molecule has 1 rings (SSSR count). The molecule has 0 aliphatic heterocycles. The normalized spacial score (nSPS) is 11.1. The maximum absolute atomic E-state index is 11.0. The van der Waals surface area contributed by atoms with Gasteiger partial charge in [-0.25, -0.2) is 0 Å². The highest BCUT2D eigenvalue weighted by Gasteiger charge is 2.05. The molecule has 0 saturated carbocycles. The lowest BCUT2D eigenvalue weighted by molar-refractivity contribution is -0.140. The first-order valence-corrected chi connectivity index (χ1v) is 8.71. The Morgan fingerprint density at radius 1 is 1.29 bits per heavy atom. The number of esters is 1. The number of benzene rings is 1. The number of methoxy groups -OCH3 is 1. The van der Waals surface area contributed by atoms with Crippen molar-refractivity contribution >= 4 is 52.2 Å². The molecule has 0 heterocycles. The quantitative estimate of drug-likeness (QED) is 0.232. The molecule has 0 fully saturated rings. The zero-order valence-electron chi connectivity index (χ0n) is 13.7. The van der Waals surface area contributed by atoms with Crippen LogP contribution in [0.5, 0.6) is 0 Å². The van der Waals surface area contributed by atoms with E-state index in [1.54, 1.807) is 12.1 Å². The van der Waals surface area contributed by atoms with Crippen LogP contribution in [0.15, 0.2) is 23.3 Å². The molecule has 132 valence electrons. The van der Waals surface area contributed by atoms with Crippen LogP contribution in [-0.4, -0.2) is 30.4 Å². The van der Waals surface area contributed by atoms with Gasteiger partial charge in [0.2, 0.25) is 0 Å². The summed E-state index contributed by atoms with van der Waals surface area (Å²) in [5, 5.41) is 8.82. The van der Waals surface area contributed by atoms with Crippen LogP contribution in [0.3, 0.4) is 0 Å². The van der Waals surface area contributed by atoms with Gasteiger partial charge in [-0.15, -0.1) is 0 Å². The van der Waals surface area contributed by atoms with Crippen molar-refractivity contribution in [3.63, 3.8) is 0 Å². The first-order chi connectivity index (χ1) is 11.4. The molecule has 8 heteroatoms. The summed E-state index contributed by atoms with van der Waals surface area (Å²) in [5.41, 5.74) is 4.28. The number of carbonyl (C=O) groups excluding carboxylic acids is 1. The first-order valence-electron chi connectivity index (χ1n) is 7.54. The van der Waals surface area contributed by atoms with E-state index in [9.17, 15) is 4.79 Å². The topological polar surface area (TPSA) is 62.7 Å². The molecule has 5 nitrogen and oxygen atoms in total. The lowest BCUT2D eigenvalue weighted by Crippen LogP contribution is -2.33. The van der Waals surface area contributed by atoms with Gasteiger partial charge in [-0.05, 0) is 44.1 Å². The van der Waals surface area contributed by atoms with Gasteiger partial charge >= 0.3 is 5.97 Å². The Hall–Kier alpha value is -1.37. The minimum Gasteiger partial charge on any atom is -0.469 e. The summed E-state index contributed by atoms with van der Waals surface area (Å²) >= 11 is 17.2. The third-order valence-electron chi connectivity index (χ3n) is 3.22. The Labute approximate surface area is 157 Å². The van der Waals surface area contributed by atoms with E-state index in [0.29, 0.717) is 33.8 Å². The molecule has 0 saturated heterocycles. The van der Waals surface area contributed by atoms with Crippen LogP contribution >= 0.6 is 35.4 Å². The standard InChI is InChI=1S/C16H21Cl2N3O2S/c1-11(13-8-7-12(17)10-14(13)18)20-21-16(24)19-9-5-3-4-6-15(22)23-2/h7-8,10H,3-6,9H2,1-2H3,(H2,19,21,24)/b20-11-. The van der Waals surface area contributed by atoms with Gasteiger partial charge in [0.1, 0.15) is 0 Å². The monoisotopic (exact) mass is 389 g/mol. The molecule has 0 bridgehead atoms. The predicted octanol–water partition coefficient (Wildman–Crippen LogP) is 3.91. The van der Waals surface area contributed by atoms with E-state index in [0.717, 1.165) is 24.8 Å². The number of thiocarbonyl (C=S) groups is 1. The zero-order valence-corrected chi connectivity index (χ0v) is 16.0. The Bertz CT molecular complexity index is 609. The van der Waals surface area contributed by atoms with Crippen LogP contribution in [-0.2, 0) is 9.53 Å². The van der Waals surface area contributed by atoms with Gasteiger partial charge in [-0.3, -0.25) is 10.2 Å². The highest BCUT2D eigenvalue weighted by Crippen LogP contribution is 2.21. The van der Waals surface area contributed by atoms with Crippen molar-refractivity contribution in [3.05, 3.63) is 33.8 Å². The van der Waals surface area contributed by atoms with E-state index in [2.05, 4.69) is 20.6 Å². The van der Waals surface area contributed by atoms with Crippen molar-refractivity contribution in [3.8, 4) is 0 Å². The van der Waals surface area contributed by atoms with Gasteiger partial charge < -0.3 is 10.1 Å². The highest BCUT2D eigenvalue weighted by molar-refractivity contribution is 7.80. The smallest absolute Gasteiger partial charge is 0.305 e. The number of nitrogens with zero attached hydrogens (tertiary/aromatic N) is 1. The fourth-order valence-corrected chi connectivity index (χ4v) is 2.59. The molecule has 0 amide bonds. The van der Waals surface area contributed by atoms with Gasteiger partial charge in [0.25, 0.3) is 0 Å². The minimum atomic E-state index is -0.175. The summed E-state index contributed by atoms with van der Waals surface area (Å²) < 4.78 is 4.58. The molecule has 0 atom stereocenters.